The molecule has 0 aromatic heterocycles. The van der Waals surface area contributed by atoms with Crippen molar-refractivity contribution in [2.24, 2.45) is 0 Å². The van der Waals surface area contributed by atoms with Crippen LogP contribution < -0.4 is 9.47 Å². The third kappa shape index (κ3) is 6.57. The molecule has 3 aromatic rings. The van der Waals surface area contributed by atoms with Crippen LogP contribution in [0.3, 0.4) is 0 Å². The quantitative estimate of drug-likeness (QED) is 0.152. The van der Waals surface area contributed by atoms with E-state index in [1.54, 1.807) is 31.2 Å². The monoisotopic (exact) mass is 526 g/mol. The predicted molar refractivity (Wildman–Crippen MR) is 140 cm³/mol. The average Bonchev–Trinajstić information content (AvgIpc) is 2.92. The van der Waals surface area contributed by atoms with Crippen molar-refractivity contribution in [3.63, 3.8) is 0 Å². The molecule has 0 heterocycles. The van der Waals surface area contributed by atoms with Gasteiger partial charge in [0.2, 0.25) is 0 Å². The van der Waals surface area contributed by atoms with Gasteiger partial charge in [0, 0.05) is 12.2 Å². The van der Waals surface area contributed by atoms with E-state index >= 15 is 8.78 Å². The Bertz CT molecular complexity index is 1230. The van der Waals surface area contributed by atoms with Crippen molar-refractivity contribution in [1.82, 2.24) is 0 Å². The maximum Gasteiger partial charge on any atom is 0.343 e. The van der Waals surface area contributed by atoms with Crippen LogP contribution in [0.1, 0.15) is 74.2 Å². The molecule has 4 nitrogen and oxygen atoms in total. The average molecular weight is 527 g/mol. The number of hydrogen-bond donors (Lipinski definition) is 0. The van der Waals surface area contributed by atoms with Gasteiger partial charge in [-0.2, -0.15) is 0 Å². The number of carbonyl (C=O) groups is 1. The largest absolute Gasteiger partial charge is 0.491 e. The van der Waals surface area contributed by atoms with Gasteiger partial charge in [0.25, 0.3) is 0 Å². The molecule has 0 aliphatic heterocycles. The zero-order chi connectivity index (χ0) is 27.1. The normalized spacial score (nSPS) is 17.3. The Balaban J connectivity index is 1.40. The number of unbranched alkanes of at least 4 members (excludes halogenated alkanes) is 1. The Hall–Kier alpha value is -3.32. The molecular formula is C31H33F3O4. The lowest BCUT2D eigenvalue weighted by atomic mass is 9.82. The van der Waals surface area contributed by atoms with E-state index in [-0.39, 0.29) is 34.6 Å². The number of rotatable bonds is 10. The summed E-state index contributed by atoms with van der Waals surface area (Å²) in [6.07, 6.45) is 5.56. The molecule has 4 rings (SSSR count). The van der Waals surface area contributed by atoms with Gasteiger partial charge >= 0.3 is 5.97 Å². The minimum Gasteiger partial charge on any atom is -0.491 e. The van der Waals surface area contributed by atoms with E-state index in [1.807, 2.05) is 0 Å². The summed E-state index contributed by atoms with van der Waals surface area (Å²) < 4.78 is 60.6. The standard InChI is InChI=1S/C31H33F3O4/c1-3-5-18-37-23-11-6-20(7-12-23)25-15-16-26(30(34)29(25)33)21-8-13-24(14-9-21)38-31(35)22-10-17-28(36-4-2)27(32)19-22/h8-10,13-17,19-20,23H,3-7,11-12,18H2,1-2H3. The second kappa shape index (κ2) is 13.0. The van der Waals surface area contributed by atoms with Crippen LogP contribution in [0.25, 0.3) is 11.1 Å². The molecule has 0 unspecified atom stereocenters. The van der Waals surface area contributed by atoms with Crippen molar-refractivity contribution in [2.75, 3.05) is 13.2 Å². The van der Waals surface area contributed by atoms with E-state index in [4.69, 9.17) is 14.2 Å². The van der Waals surface area contributed by atoms with Gasteiger partial charge in [-0.15, -0.1) is 0 Å². The number of ether oxygens (including phenoxy) is 3. The molecule has 1 aliphatic carbocycles. The molecule has 0 atom stereocenters. The smallest absolute Gasteiger partial charge is 0.343 e. The molecule has 1 saturated carbocycles. The Morgan fingerprint density at radius 3 is 2.29 bits per heavy atom. The van der Waals surface area contributed by atoms with Crippen LogP contribution in [-0.2, 0) is 4.74 Å². The summed E-state index contributed by atoms with van der Waals surface area (Å²) in [5.74, 6) is -2.89. The van der Waals surface area contributed by atoms with E-state index in [0.717, 1.165) is 51.2 Å². The Labute approximate surface area is 221 Å². The highest BCUT2D eigenvalue weighted by Crippen LogP contribution is 2.38. The van der Waals surface area contributed by atoms with Crippen LogP contribution in [0.4, 0.5) is 13.2 Å². The number of halogens is 3. The molecule has 1 aliphatic rings. The predicted octanol–water partition coefficient (Wildman–Crippen LogP) is 8.23. The van der Waals surface area contributed by atoms with Gasteiger partial charge in [-0.3, -0.25) is 0 Å². The van der Waals surface area contributed by atoms with Crippen molar-refractivity contribution >= 4 is 5.97 Å². The SMILES string of the molecule is CCCCOC1CCC(c2ccc(-c3ccc(OC(=O)c4ccc(OCC)c(F)c4)cc3)c(F)c2F)CC1. The molecule has 0 bridgehead atoms. The number of hydrogen-bond acceptors (Lipinski definition) is 4. The maximum atomic E-state index is 15.1. The first kappa shape index (κ1) is 27.7. The van der Waals surface area contributed by atoms with Crippen LogP contribution in [0.15, 0.2) is 54.6 Å². The fraction of sp³-hybridized carbons (Fsp3) is 0.387. The van der Waals surface area contributed by atoms with Crippen molar-refractivity contribution in [2.45, 2.75) is 64.4 Å². The topological polar surface area (TPSA) is 44.8 Å². The minimum atomic E-state index is -0.890. The van der Waals surface area contributed by atoms with Gasteiger partial charge in [0.15, 0.2) is 23.2 Å². The van der Waals surface area contributed by atoms with E-state index in [0.29, 0.717) is 17.7 Å². The maximum absolute atomic E-state index is 15.1. The first-order chi connectivity index (χ1) is 18.4. The van der Waals surface area contributed by atoms with E-state index in [9.17, 15) is 9.18 Å². The van der Waals surface area contributed by atoms with E-state index in [2.05, 4.69) is 6.92 Å². The number of carbonyl (C=O) groups excluding carboxylic acids is 1. The molecule has 0 radical (unpaired) electrons. The third-order valence-electron chi connectivity index (χ3n) is 6.92. The third-order valence-corrected chi connectivity index (χ3v) is 6.92. The van der Waals surface area contributed by atoms with E-state index in [1.165, 1.54) is 24.3 Å². The molecule has 7 heteroatoms. The van der Waals surface area contributed by atoms with Gasteiger partial charge in [-0.05, 0) is 86.4 Å². The Kier molecular flexibility index (Phi) is 9.45. The number of benzene rings is 3. The lowest BCUT2D eigenvalue weighted by Gasteiger charge is -2.29. The summed E-state index contributed by atoms with van der Waals surface area (Å²) in [5.41, 5.74) is 1.02. The van der Waals surface area contributed by atoms with Gasteiger partial charge < -0.3 is 14.2 Å². The summed E-state index contributed by atoms with van der Waals surface area (Å²) in [6.45, 7) is 4.91. The van der Waals surface area contributed by atoms with Gasteiger partial charge in [0.05, 0.1) is 18.3 Å². The molecule has 0 N–H and O–H groups in total. The molecule has 1 fully saturated rings. The fourth-order valence-corrected chi connectivity index (χ4v) is 4.81. The molecule has 0 amide bonds. The zero-order valence-electron chi connectivity index (χ0n) is 21.8. The molecule has 0 spiro atoms. The lowest BCUT2D eigenvalue weighted by Crippen LogP contribution is -2.22. The second-order valence-corrected chi connectivity index (χ2v) is 9.52. The van der Waals surface area contributed by atoms with Gasteiger partial charge in [0.1, 0.15) is 5.75 Å². The molecule has 202 valence electrons. The molecule has 3 aromatic carbocycles. The molecule has 38 heavy (non-hydrogen) atoms. The summed E-state index contributed by atoms with van der Waals surface area (Å²) in [5, 5.41) is 0. The second-order valence-electron chi connectivity index (χ2n) is 9.52. The van der Waals surface area contributed by atoms with Crippen LogP contribution >= 0.6 is 0 Å². The molecule has 0 saturated heterocycles. The zero-order valence-corrected chi connectivity index (χ0v) is 21.8. The van der Waals surface area contributed by atoms with Crippen LogP contribution in [-0.4, -0.2) is 25.3 Å². The summed E-state index contributed by atoms with van der Waals surface area (Å²) in [6, 6.07) is 13.2. The molecular weight excluding hydrogens is 493 g/mol. The summed E-state index contributed by atoms with van der Waals surface area (Å²) >= 11 is 0. The van der Waals surface area contributed by atoms with Crippen molar-refractivity contribution in [3.05, 3.63) is 83.2 Å². The Morgan fingerprint density at radius 2 is 1.63 bits per heavy atom. The highest BCUT2D eigenvalue weighted by atomic mass is 19.2. The van der Waals surface area contributed by atoms with E-state index < -0.39 is 23.4 Å². The van der Waals surface area contributed by atoms with Crippen molar-refractivity contribution < 1.29 is 32.2 Å². The summed E-state index contributed by atoms with van der Waals surface area (Å²) in [7, 11) is 0. The van der Waals surface area contributed by atoms with Crippen molar-refractivity contribution in [3.8, 4) is 22.6 Å². The first-order valence-corrected chi connectivity index (χ1v) is 13.3. The van der Waals surface area contributed by atoms with Crippen LogP contribution in [0, 0.1) is 17.5 Å². The Morgan fingerprint density at radius 1 is 0.895 bits per heavy atom. The highest BCUT2D eigenvalue weighted by Gasteiger charge is 2.27. The summed E-state index contributed by atoms with van der Waals surface area (Å²) in [4.78, 5) is 12.4. The fourth-order valence-electron chi connectivity index (χ4n) is 4.81. The van der Waals surface area contributed by atoms with Crippen LogP contribution in [0.2, 0.25) is 0 Å². The van der Waals surface area contributed by atoms with Crippen LogP contribution in [0.5, 0.6) is 11.5 Å². The van der Waals surface area contributed by atoms with Gasteiger partial charge in [-0.1, -0.05) is 37.6 Å². The minimum absolute atomic E-state index is 0.0280. The first-order valence-electron chi connectivity index (χ1n) is 13.3. The lowest BCUT2D eigenvalue weighted by molar-refractivity contribution is 0.0230. The van der Waals surface area contributed by atoms with Gasteiger partial charge in [-0.25, -0.2) is 18.0 Å². The highest BCUT2D eigenvalue weighted by molar-refractivity contribution is 5.91. The number of esters is 1. The van der Waals surface area contributed by atoms with Crippen molar-refractivity contribution in [1.29, 1.82) is 0 Å².